The number of pyridine rings is 1. The molecule has 2 saturated carbocycles. The number of amides is 5. The molecule has 122 heavy (non-hydrogen) atoms. The Bertz CT molecular complexity index is 3460. The first-order valence-corrected chi connectivity index (χ1v) is 45.3. The lowest BCUT2D eigenvalue weighted by Crippen LogP contribution is -2.64. The van der Waals surface area contributed by atoms with Gasteiger partial charge < -0.3 is 97.8 Å². The summed E-state index contributed by atoms with van der Waals surface area (Å²) >= 11 is 9.53. The fraction of sp³-hybridized carbons (Fsp3) is 0.783. The minimum Gasteiger partial charge on any atom is -0.503 e. The lowest BCUT2D eigenvalue weighted by atomic mass is 10.00. The van der Waals surface area contributed by atoms with E-state index in [1.165, 1.54) is 35.8 Å². The number of nitrogens with zero attached hydrogens (tertiary/aromatic N) is 6. The van der Waals surface area contributed by atoms with E-state index in [-0.39, 0.29) is 96.5 Å². The molecule has 5 amide bonds. The van der Waals surface area contributed by atoms with Crippen LogP contribution < -0.4 is 59.8 Å². The fourth-order valence-electron chi connectivity index (χ4n) is 9.67. The highest BCUT2D eigenvalue weighted by atomic mass is 35.5. The maximum absolute atomic E-state index is 13.9. The van der Waals surface area contributed by atoms with Crippen LogP contribution >= 0.6 is 32.4 Å². The molecular weight excluding hydrogens is 1660 g/mol. The van der Waals surface area contributed by atoms with Gasteiger partial charge in [0.05, 0.1) is 36.4 Å². The topological polar surface area (TPSA) is 480 Å². The number of carbonyl (C=O) groups excluding carboxylic acids is 7. The van der Waals surface area contributed by atoms with Crippen molar-refractivity contribution in [2.75, 3.05) is 83.8 Å². The Morgan fingerprint density at radius 2 is 1.15 bits per heavy atom. The molecule has 2 aliphatic carbocycles. The van der Waals surface area contributed by atoms with Gasteiger partial charge in [-0.05, 0) is 231 Å². The Hall–Kier alpha value is -6.37. The van der Waals surface area contributed by atoms with Crippen molar-refractivity contribution in [3.05, 3.63) is 73.5 Å². The molecule has 33 nitrogen and oxygen atoms in total. The van der Waals surface area contributed by atoms with Crippen molar-refractivity contribution in [2.24, 2.45) is 40.1 Å². The number of aryl methyl sites for hydroxylation is 1. The second kappa shape index (κ2) is 66.1. The molecule has 0 radical (unpaired) electrons. The number of aliphatic hydroxyl groups excluding tert-OH is 1. The molecule has 3 fully saturated rings. The van der Waals surface area contributed by atoms with Gasteiger partial charge in [0.1, 0.15) is 46.5 Å². The number of carbonyl (C=O) groups is 7. The third kappa shape index (κ3) is 70.9. The number of aromatic hydroxyl groups is 1. The second-order valence-corrected chi connectivity index (χ2v) is 38.2. The van der Waals surface area contributed by atoms with Crippen LogP contribution in [0.25, 0.3) is 10.4 Å². The molecule has 39 heteroatoms. The van der Waals surface area contributed by atoms with Gasteiger partial charge >= 0.3 is 24.4 Å². The molecule has 1 unspecified atom stereocenters. The number of hydrogen-bond acceptors (Lipinski definition) is 25. The van der Waals surface area contributed by atoms with E-state index >= 15 is 0 Å². The highest BCUT2D eigenvalue weighted by Crippen LogP contribution is 2.37. The Balaban J connectivity index is -0.000000447. The minimum atomic E-state index is -3.48. The Morgan fingerprint density at radius 3 is 1.52 bits per heavy atom. The van der Waals surface area contributed by atoms with E-state index in [4.69, 9.17) is 70.0 Å². The first kappa shape index (κ1) is 124. The number of nitrogens with two attached hydrogens (primary N) is 3. The lowest BCUT2D eigenvalue weighted by molar-refractivity contribution is -0.110. The van der Waals surface area contributed by atoms with Crippen molar-refractivity contribution < 1.29 is 84.1 Å². The zero-order chi connectivity index (χ0) is 95.8. The number of azide groups is 1. The van der Waals surface area contributed by atoms with Crippen LogP contribution in [0.15, 0.2) is 34.3 Å². The molecule has 712 valence electrons. The predicted octanol–water partition coefficient (Wildman–Crippen LogP) is 12.6. The molecule has 2 aromatic rings. The average Bonchev–Trinajstić information content (AvgIpc) is 1.14. The number of hydrogen-bond donors (Lipinski definition) is 12. The molecular formula is C83H159Cl2F2N16O17PS. The Morgan fingerprint density at radius 1 is 0.713 bits per heavy atom. The number of benzene rings is 1. The van der Waals surface area contributed by atoms with Crippen molar-refractivity contribution in [1.82, 2.24) is 51.6 Å². The first-order valence-electron chi connectivity index (χ1n) is 41.6. The molecule has 4 aliphatic rings. The standard InChI is InChI=1S/C24H25F2N3O4.C12H26N2O2.C9H19NO5S.C8H16N4O2.C8H18N2O2.C7H16N2.C7H18N2.C4H8O.C2H7P.CH2Cl2.CH4O/c1-13-8-9-28(16-5-6-16)20-12-27-11-17(22(31)23(32)21(27)24(33)29(13)20)19(30)7-3-14-2-4-15(25)10-18(14)26;1-9(2)7-13-8-10(3)14-11(15)16-12(4,5)6;1-7(6-14-16(5,12)13)10-8(11)15-9(2,3)4;1-6(5-10-12-9)11-7(13)14-8(2,3)4;1-6(5-9)10-7(11)12-8(2,3)4;1-6(8)4-5-9-7-2-3-7;1-6(2)4-9-5-7(3)8;1-4(2)3-5;1-2-3;2-1-3;1-2/h2,4,10-11,13,16,20,32H,3,5-9,12H2,1H3;9-10,13H,7-8H2,1-6H3,(H,14,15);7H,6H2,1-5H3,(H,10,11);6H,5H2,1-4H3,(H,11,13);6H,5,9H2,1-4H3,(H,10,11);6-7,9H,2-5,8H2,1H3;6-7,9H,4-5,8H2,1-3H3;3-4H,1-2H3;2-3H2,1H3;1H2;2H,1H3/t13-,20-;10-;7-;3*6-;7-;;;;/m0111101..../s1. The summed E-state index contributed by atoms with van der Waals surface area (Å²) in [6.45, 7) is 55.8. The van der Waals surface area contributed by atoms with E-state index in [1.807, 2.05) is 83.1 Å². The number of aliphatic hydroxyl groups is 1. The summed E-state index contributed by atoms with van der Waals surface area (Å²) in [5.41, 5.74) is 21.4. The normalized spacial score (nSPS) is 16.0. The highest BCUT2D eigenvalue weighted by Gasteiger charge is 2.47. The molecule has 0 spiro atoms. The molecule has 2 aliphatic heterocycles. The zero-order valence-corrected chi connectivity index (χ0v) is 81.9. The quantitative estimate of drug-likeness (QED) is 0.00433. The van der Waals surface area contributed by atoms with Crippen molar-refractivity contribution in [2.45, 2.75) is 321 Å². The number of alkyl carbamates (subject to hydrolysis) is 4. The van der Waals surface area contributed by atoms with E-state index < -0.39 is 91.3 Å². The number of halogens is 4. The number of alkyl halides is 2. The Kier molecular flexibility index (Phi) is 67.3. The molecule has 15 N–H and O–H groups in total. The smallest absolute Gasteiger partial charge is 0.407 e. The van der Waals surface area contributed by atoms with Crippen LogP contribution in [0, 0.1) is 29.4 Å². The fourth-order valence-corrected chi connectivity index (χ4v) is 10.1. The monoisotopic (exact) mass is 1820 g/mol. The number of rotatable bonds is 28. The number of aromatic nitrogens is 1. The van der Waals surface area contributed by atoms with Gasteiger partial charge in [0.25, 0.3) is 16.0 Å². The number of ketones is 1. The van der Waals surface area contributed by atoms with Crippen molar-refractivity contribution in [1.29, 1.82) is 0 Å². The SMILES string of the molecule is CC(C)C=O.CC(C)CNC[C@@H](C)N.CC(C)CNC[C@@H](C)NC(=O)OC(C)(C)C.CCP.CO.C[C@H](CN)NC(=O)OC(C)(C)C.C[C@H](CN=[N+]=[N-])NC(=O)OC(C)(C)C.C[C@H](COS(C)(=O)=O)NC(=O)OC(C)(C)C.C[C@H](N)CCNC1CC1.C[C@H]1CCN(C2CC2)[C@@H]2Cn3cc(C(=O)CCc4ccc(F)cc4F)c(=O)c(O)c3C(=O)N12.ClCCl. The van der Waals surface area contributed by atoms with Crippen LogP contribution in [-0.4, -0.2) is 242 Å². The summed E-state index contributed by atoms with van der Waals surface area (Å²) in [5, 5.41) is 41.5. The maximum Gasteiger partial charge on any atom is 0.407 e. The second-order valence-electron chi connectivity index (χ2n) is 35.0. The van der Waals surface area contributed by atoms with Gasteiger partial charge in [0, 0.05) is 118 Å². The minimum absolute atomic E-state index is 0.0186. The van der Waals surface area contributed by atoms with Gasteiger partial charge in [0.2, 0.25) is 5.43 Å². The molecule has 1 saturated heterocycles. The van der Waals surface area contributed by atoms with Crippen LogP contribution in [0.2, 0.25) is 0 Å². The van der Waals surface area contributed by atoms with Gasteiger partial charge in [-0.25, -0.2) is 28.0 Å². The summed E-state index contributed by atoms with van der Waals surface area (Å²) in [6.07, 6.45) is 8.95. The molecule has 3 heterocycles. The maximum atomic E-state index is 13.9. The van der Waals surface area contributed by atoms with Gasteiger partial charge in [-0.3, -0.25) is 23.5 Å². The van der Waals surface area contributed by atoms with Gasteiger partial charge in [0.15, 0.2) is 17.2 Å². The van der Waals surface area contributed by atoms with Crippen molar-refractivity contribution >= 4 is 84.9 Å². The largest absolute Gasteiger partial charge is 0.503 e. The van der Waals surface area contributed by atoms with E-state index in [0.717, 1.165) is 109 Å². The summed E-state index contributed by atoms with van der Waals surface area (Å²) in [5.74, 6) is -1.63. The van der Waals surface area contributed by atoms with E-state index in [0.29, 0.717) is 31.1 Å². The number of ether oxygens (including phenoxy) is 4. The van der Waals surface area contributed by atoms with E-state index in [2.05, 4.69) is 107 Å². The van der Waals surface area contributed by atoms with E-state index in [9.17, 15) is 60.7 Å². The summed E-state index contributed by atoms with van der Waals surface area (Å²) < 4.78 is 74.6. The van der Waals surface area contributed by atoms with Crippen LogP contribution in [0.5, 0.6) is 5.75 Å². The predicted molar refractivity (Wildman–Crippen MR) is 489 cm³/mol. The van der Waals surface area contributed by atoms with Crippen LogP contribution in [0.4, 0.5) is 28.0 Å². The first-order chi connectivity index (χ1) is 56.2. The van der Waals surface area contributed by atoms with Crippen LogP contribution in [0.3, 0.4) is 0 Å². The molecule has 1 aromatic heterocycles. The number of nitrogens with one attached hydrogen (secondary N) is 7. The Labute approximate surface area is 740 Å². The average molecular weight is 1830 g/mol. The highest BCUT2D eigenvalue weighted by molar-refractivity contribution is 7.86. The lowest BCUT2D eigenvalue weighted by Gasteiger charge is -2.50. The van der Waals surface area contributed by atoms with Gasteiger partial charge in [-0.1, -0.05) is 59.6 Å². The van der Waals surface area contributed by atoms with Crippen LogP contribution in [-0.2, 0) is 51.0 Å². The zero-order valence-electron chi connectivity index (χ0n) is 78.5. The van der Waals surface area contributed by atoms with Crippen LogP contribution in [0.1, 0.15) is 251 Å². The summed E-state index contributed by atoms with van der Waals surface area (Å²) in [7, 11) is 0.0965. The molecule has 9 atom stereocenters. The molecule has 1 aromatic carbocycles. The molecule has 0 bridgehead atoms. The third-order valence-electron chi connectivity index (χ3n) is 15.3. The van der Waals surface area contributed by atoms with E-state index in [1.54, 1.807) is 60.3 Å². The van der Waals surface area contributed by atoms with Gasteiger partial charge in [-0.15, -0.1) is 32.4 Å². The van der Waals surface area contributed by atoms with Crippen molar-refractivity contribution in [3.8, 4) is 5.75 Å². The van der Waals surface area contributed by atoms with Crippen molar-refractivity contribution in [3.63, 3.8) is 0 Å². The summed E-state index contributed by atoms with van der Waals surface area (Å²) in [6, 6.07) is 4.37. The number of aldehydes is 1. The van der Waals surface area contributed by atoms with Gasteiger partial charge in [-0.2, -0.15) is 8.42 Å². The number of fused-ring (bicyclic) bond motifs is 2. The summed E-state index contributed by atoms with van der Waals surface area (Å²) in [4.78, 5) is 99.9. The number of Topliss-reactive ketones (excluding diaryl/α,β-unsaturated/α-hetero) is 1. The third-order valence-corrected chi connectivity index (χ3v) is 15.8. The molecule has 6 rings (SSSR count).